The topological polar surface area (TPSA) is 72.5 Å². The number of rotatable bonds is 6. The minimum absolute atomic E-state index is 0.241. The number of benzene rings is 1. The highest BCUT2D eigenvalue weighted by Gasteiger charge is 2.23. The fraction of sp³-hybridized carbons (Fsp3) is 0.364. The molecule has 0 saturated carbocycles. The number of ether oxygens (including phenoxy) is 3. The molecule has 29 heavy (non-hydrogen) atoms. The minimum atomic E-state index is 0.241. The smallest absolute Gasteiger partial charge is 0.231 e. The Morgan fingerprint density at radius 3 is 3.07 bits per heavy atom. The number of hydrogen-bond donors (Lipinski definition) is 1. The summed E-state index contributed by atoms with van der Waals surface area (Å²) in [7, 11) is 0. The molecule has 150 valence electrons. The summed E-state index contributed by atoms with van der Waals surface area (Å²) in [6.07, 6.45) is 8.04. The first kappa shape index (κ1) is 18.1. The Morgan fingerprint density at radius 1 is 1.17 bits per heavy atom. The SMILES string of the molecule is c1cncc(COC2CCCN(Cc3cn[nH]c3-c3ccc4c(c3)OCO4)C2)c1. The van der Waals surface area contributed by atoms with Crippen molar-refractivity contribution in [3.05, 3.63) is 60.0 Å². The quantitative estimate of drug-likeness (QED) is 0.693. The van der Waals surface area contributed by atoms with Crippen LogP contribution in [0.2, 0.25) is 0 Å². The molecule has 0 spiro atoms. The second-order valence-corrected chi connectivity index (χ2v) is 7.51. The summed E-state index contributed by atoms with van der Waals surface area (Å²) in [6.45, 7) is 3.72. The van der Waals surface area contributed by atoms with Crippen molar-refractivity contribution in [1.29, 1.82) is 0 Å². The van der Waals surface area contributed by atoms with E-state index >= 15 is 0 Å². The van der Waals surface area contributed by atoms with Gasteiger partial charge < -0.3 is 14.2 Å². The van der Waals surface area contributed by atoms with Gasteiger partial charge in [-0.05, 0) is 49.2 Å². The van der Waals surface area contributed by atoms with Crippen molar-refractivity contribution < 1.29 is 14.2 Å². The van der Waals surface area contributed by atoms with Crippen molar-refractivity contribution in [2.24, 2.45) is 0 Å². The number of fused-ring (bicyclic) bond motifs is 1. The Labute approximate surface area is 169 Å². The molecule has 7 nitrogen and oxygen atoms in total. The lowest BCUT2D eigenvalue weighted by molar-refractivity contribution is -0.0121. The van der Waals surface area contributed by atoms with E-state index in [4.69, 9.17) is 14.2 Å². The van der Waals surface area contributed by atoms with E-state index in [0.29, 0.717) is 6.61 Å². The van der Waals surface area contributed by atoms with Crippen LogP contribution >= 0.6 is 0 Å². The highest BCUT2D eigenvalue weighted by Crippen LogP contribution is 2.36. The first-order valence-electron chi connectivity index (χ1n) is 10.0. The third kappa shape index (κ3) is 4.11. The molecule has 4 heterocycles. The van der Waals surface area contributed by atoms with Crippen LogP contribution < -0.4 is 9.47 Å². The maximum absolute atomic E-state index is 6.15. The lowest BCUT2D eigenvalue weighted by atomic mass is 10.0. The van der Waals surface area contributed by atoms with Crippen LogP contribution in [0.4, 0.5) is 0 Å². The number of aromatic nitrogens is 3. The molecule has 0 aliphatic carbocycles. The maximum Gasteiger partial charge on any atom is 0.231 e. The molecule has 2 aliphatic rings. The Hall–Kier alpha value is -2.90. The monoisotopic (exact) mass is 392 g/mol. The Balaban J connectivity index is 1.23. The van der Waals surface area contributed by atoms with Gasteiger partial charge in [0.05, 0.1) is 24.6 Å². The van der Waals surface area contributed by atoms with E-state index < -0.39 is 0 Å². The molecule has 1 fully saturated rings. The summed E-state index contributed by atoms with van der Waals surface area (Å²) in [4.78, 5) is 6.60. The van der Waals surface area contributed by atoms with Crippen LogP contribution in [0.25, 0.3) is 11.3 Å². The highest BCUT2D eigenvalue weighted by atomic mass is 16.7. The lowest BCUT2D eigenvalue weighted by Crippen LogP contribution is -2.39. The number of hydrogen-bond acceptors (Lipinski definition) is 6. The predicted molar refractivity (Wildman–Crippen MR) is 107 cm³/mol. The number of likely N-dealkylation sites (tertiary alicyclic amines) is 1. The van der Waals surface area contributed by atoms with Gasteiger partial charge in [0.2, 0.25) is 6.79 Å². The van der Waals surface area contributed by atoms with E-state index in [1.165, 1.54) is 5.56 Å². The lowest BCUT2D eigenvalue weighted by Gasteiger charge is -2.32. The molecule has 1 N–H and O–H groups in total. The number of H-pyrrole nitrogens is 1. The van der Waals surface area contributed by atoms with Gasteiger partial charge in [0.25, 0.3) is 0 Å². The average molecular weight is 392 g/mol. The van der Waals surface area contributed by atoms with Crippen LogP contribution in [0, 0.1) is 0 Å². The second-order valence-electron chi connectivity index (χ2n) is 7.51. The van der Waals surface area contributed by atoms with Crippen molar-refractivity contribution in [1.82, 2.24) is 20.1 Å². The fourth-order valence-corrected chi connectivity index (χ4v) is 3.96. The van der Waals surface area contributed by atoms with Crippen molar-refractivity contribution in [2.45, 2.75) is 32.1 Å². The first-order valence-corrected chi connectivity index (χ1v) is 10.0. The van der Waals surface area contributed by atoms with Gasteiger partial charge in [0, 0.05) is 36.6 Å². The molecule has 1 aromatic carbocycles. The van der Waals surface area contributed by atoms with Crippen LogP contribution in [-0.4, -0.2) is 46.1 Å². The zero-order chi connectivity index (χ0) is 19.5. The summed E-state index contributed by atoms with van der Waals surface area (Å²) in [5.41, 5.74) is 4.38. The summed E-state index contributed by atoms with van der Waals surface area (Å²) >= 11 is 0. The fourth-order valence-electron chi connectivity index (χ4n) is 3.96. The van der Waals surface area contributed by atoms with Crippen LogP contribution in [-0.2, 0) is 17.9 Å². The molecule has 0 amide bonds. The van der Waals surface area contributed by atoms with Crippen molar-refractivity contribution in [3.8, 4) is 22.8 Å². The molecule has 1 atom stereocenters. The van der Waals surface area contributed by atoms with E-state index in [9.17, 15) is 0 Å². The first-order chi connectivity index (χ1) is 14.3. The summed E-state index contributed by atoms with van der Waals surface area (Å²) < 4.78 is 17.1. The van der Waals surface area contributed by atoms with Crippen molar-refractivity contribution >= 4 is 0 Å². The minimum Gasteiger partial charge on any atom is -0.454 e. The average Bonchev–Trinajstić information content (AvgIpc) is 3.42. The van der Waals surface area contributed by atoms with Gasteiger partial charge in [-0.1, -0.05) is 6.07 Å². The maximum atomic E-state index is 6.15. The highest BCUT2D eigenvalue weighted by molar-refractivity contribution is 5.66. The normalized spacial score (nSPS) is 18.8. The van der Waals surface area contributed by atoms with Gasteiger partial charge in [0.15, 0.2) is 11.5 Å². The predicted octanol–water partition coefficient (Wildman–Crippen LogP) is 3.38. The Kier molecular flexibility index (Phi) is 5.15. The summed E-state index contributed by atoms with van der Waals surface area (Å²) in [5, 5.41) is 7.44. The van der Waals surface area contributed by atoms with Crippen molar-refractivity contribution in [2.75, 3.05) is 19.9 Å². The third-order valence-electron chi connectivity index (χ3n) is 5.44. The number of piperidine rings is 1. The Morgan fingerprint density at radius 2 is 2.14 bits per heavy atom. The molecule has 3 aromatic rings. The number of nitrogens with one attached hydrogen (secondary N) is 1. The van der Waals surface area contributed by atoms with Gasteiger partial charge in [-0.2, -0.15) is 5.10 Å². The molecule has 7 heteroatoms. The molecule has 1 unspecified atom stereocenters. The zero-order valence-corrected chi connectivity index (χ0v) is 16.2. The summed E-state index contributed by atoms with van der Waals surface area (Å²) in [6, 6.07) is 10.0. The van der Waals surface area contributed by atoms with E-state index in [0.717, 1.165) is 60.8 Å². The van der Waals surface area contributed by atoms with Gasteiger partial charge >= 0.3 is 0 Å². The van der Waals surface area contributed by atoms with Gasteiger partial charge in [-0.25, -0.2) is 0 Å². The molecular weight excluding hydrogens is 368 g/mol. The van der Waals surface area contributed by atoms with Crippen molar-refractivity contribution in [3.63, 3.8) is 0 Å². The van der Waals surface area contributed by atoms with E-state index in [2.05, 4.69) is 26.1 Å². The van der Waals surface area contributed by atoms with Crippen LogP contribution in [0.5, 0.6) is 11.5 Å². The largest absolute Gasteiger partial charge is 0.454 e. The van der Waals surface area contributed by atoms with E-state index in [-0.39, 0.29) is 12.9 Å². The molecule has 0 radical (unpaired) electrons. The molecule has 0 bridgehead atoms. The molecule has 2 aromatic heterocycles. The Bertz CT molecular complexity index is 960. The van der Waals surface area contributed by atoms with Gasteiger partial charge in [-0.15, -0.1) is 0 Å². The van der Waals surface area contributed by atoms with Crippen LogP contribution in [0.1, 0.15) is 24.0 Å². The molecular formula is C22H24N4O3. The standard InChI is InChI=1S/C22H24N4O3/c1-3-16(10-23-7-1)14-27-19-4-2-8-26(13-19)12-18-11-24-25-22(18)17-5-6-20-21(9-17)29-15-28-20/h1,3,5-7,9-11,19H,2,4,8,12-15H2,(H,24,25). The van der Waals surface area contributed by atoms with Gasteiger partial charge in [0.1, 0.15) is 0 Å². The third-order valence-corrected chi connectivity index (χ3v) is 5.44. The van der Waals surface area contributed by atoms with Crippen LogP contribution in [0.15, 0.2) is 48.9 Å². The number of nitrogens with zero attached hydrogens (tertiary/aromatic N) is 3. The van der Waals surface area contributed by atoms with Crippen LogP contribution in [0.3, 0.4) is 0 Å². The van der Waals surface area contributed by atoms with Gasteiger partial charge in [-0.3, -0.25) is 15.0 Å². The zero-order valence-electron chi connectivity index (χ0n) is 16.2. The number of aromatic amines is 1. The second kappa shape index (κ2) is 8.23. The molecule has 2 aliphatic heterocycles. The molecule has 1 saturated heterocycles. The summed E-state index contributed by atoms with van der Waals surface area (Å²) in [5.74, 6) is 1.57. The number of pyridine rings is 1. The molecule has 5 rings (SSSR count). The van der Waals surface area contributed by atoms with E-state index in [1.54, 1.807) is 6.20 Å². The van der Waals surface area contributed by atoms with E-state index in [1.807, 2.05) is 36.7 Å².